The number of thiophene rings is 1. The molecule has 0 aromatic carbocycles. The summed E-state index contributed by atoms with van der Waals surface area (Å²) < 4.78 is 5.29. The molecular weight excluding hydrogens is 434 g/mol. The van der Waals surface area contributed by atoms with E-state index in [4.69, 9.17) is 4.74 Å². The van der Waals surface area contributed by atoms with Gasteiger partial charge in [0.05, 0.1) is 5.56 Å². The predicted octanol–water partition coefficient (Wildman–Crippen LogP) is 3.99. The van der Waals surface area contributed by atoms with Crippen LogP contribution in [0.15, 0.2) is 23.8 Å². The van der Waals surface area contributed by atoms with Crippen LogP contribution < -0.4 is 5.32 Å². The van der Waals surface area contributed by atoms with E-state index in [0.29, 0.717) is 21.4 Å². The molecule has 1 aliphatic carbocycles. The van der Waals surface area contributed by atoms with Crippen molar-refractivity contribution in [1.82, 2.24) is 15.0 Å². The van der Waals surface area contributed by atoms with Crippen LogP contribution in [0.25, 0.3) is 10.8 Å². The molecule has 0 saturated carbocycles. The number of nitriles is 1. The van der Waals surface area contributed by atoms with E-state index in [1.165, 1.54) is 29.6 Å². The average molecular weight is 454 g/mol. The first-order chi connectivity index (χ1) is 15.1. The Morgan fingerprint density at radius 3 is 2.77 bits per heavy atom. The van der Waals surface area contributed by atoms with E-state index < -0.39 is 18.0 Å². The molecule has 0 bridgehead atoms. The summed E-state index contributed by atoms with van der Waals surface area (Å²) in [6.07, 6.45) is 7.20. The summed E-state index contributed by atoms with van der Waals surface area (Å²) in [6.45, 7) is 1.49. The van der Waals surface area contributed by atoms with Crippen molar-refractivity contribution in [3.8, 4) is 16.9 Å². The Hall–Kier alpha value is -3.16. The Bertz CT molecular complexity index is 1150. The van der Waals surface area contributed by atoms with Gasteiger partial charge < -0.3 is 10.1 Å². The summed E-state index contributed by atoms with van der Waals surface area (Å²) in [4.78, 5) is 38.6. The van der Waals surface area contributed by atoms with Crippen molar-refractivity contribution in [2.24, 2.45) is 0 Å². The van der Waals surface area contributed by atoms with Crippen molar-refractivity contribution in [1.29, 1.82) is 5.26 Å². The van der Waals surface area contributed by atoms with Crippen molar-refractivity contribution in [2.75, 3.05) is 5.32 Å². The van der Waals surface area contributed by atoms with Crippen LogP contribution in [0.1, 0.15) is 52.7 Å². The third-order valence-electron chi connectivity index (χ3n) is 4.89. The molecule has 31 heavy (non-hydrogen) atoms. The lowest BCUT2D eigenvalue weighted by atomic mass is 10.1. The molecule has 4 rings (SSSR count). The second-order valence-corrected chi connectivity index (χ2v) is 8.99. The van der Waals surface area contributed by atoms with E-state index in [-0.39, 0.29) is 5.69 Å². The number of nitrogens with zero attached hydrogens (tertiary/aromatic N) is 4. The molecular formula is C21H19N5O3S2. The zero-order valence-electron chi connectivity index (χ0n) is 16.8. The van der Waals surface area contributed by atoms with Crippen LogP contribution >= 0.6 is 22.7 Å². The molecule has 1 aliphatic rings. The van der Waals surface area contributed by atoms with Gasteiger partial charge in [-0.05, 0) is 44.2 Å². The number of thiazole rings is 1. The van der Waals surface area contributed by atoms with E-state index in [9.17, 15) is 14.9 Å². The number of amides is 1. The van der Waals surface area contributed by atoms with Gasteiger partial charge in [-0.2, -0.15) is 5.26 Å². The quantitative estimate of drug-likeness (QED) is 0.458. The number of ether oxygens (including phenoxy) is 1. The summed E-state index contributed by atoms with van der Waals surface area (Å²) in [5.74, 6) is -0.773. The molecule has 0 saturated heterocycles. The van der Waals surface area contributed by atoms with E-state index >= 15 is 0 Å². The van der Waals surface area contributed by atoms with Gasteiger partial charge in [-0.3, -0.25) is 4.79 Å². The van der Waals surface area contributed by atoms with Gasteiger partial charge in [0, 0.05) is 22.7 Å². The SMILES string of the molecule is CC(OC(=O)c1csc(-c2ncccn2)n1)C(=O)Nc1sc2c(c1C#N)CCCCC2. The number of fused-ring (bicyclic) bond motifs is 1. The highest BCUT2D eigenvalue weighted by Gasteiger charge is 2.25. The van der Waals surface area contributed by atoms with Crippen molar-refractivity contribution in [3.05, 3.63) is 45.5 Å². The van der Waals surface area contributed by atoms with Gasteiger partial charge in [-0.25, -0.2) is 19.7 Å². The highest BCUT2D eigenvalue weighted by Crippen LogP contribution is 2.37. The number of aromatic nitrogens is 3. The molecule has 3 aromatic heterocycles. The average Bonchev–Trinajstić information content (AvgIpc) is 3.33. The number of nitrogens with one attached hydrogen (secondary N) is 1. The van der Waals surface area contributed by atoms with Crippen LogP contribution in [-0.2, 0) is 22.4 Å². The summed E-state index contributed by atoms with van der Waals surface area (Å²) in [7, 11) is 0. The third-order valence-corrected chi connectivity index (χ3v) is 6.94. The number of carbonyl (C=O) groups is 2. The zero-order chi connectivity index (χ0) is 21.8. The minimum absolute atomic E-state index is 0.0904. The first kappa shape index (κ1) is 21.1. The monoisotopic (exact) mass is 453 g/mol. The van der Waals surface area contributed by atoms with Crippen molar-refractivity contribution in [2.45, 2.75) is 45.1 Å². The standard InChI is InChI=1S/C21H19N5O3S2/c1-12(29-21(28)15-11-30-20(25-15)17-23-8-5-9-24-17)18(27)26-19-14(10-22)13-6-3-2-4-7-16(13)31-19/h5,8-9,11-12H,2-4,6-7H2,1H3,(H,26,27). The van der Waals surface area contributed by atoms with Gasteiger partial charge in [0.15, 0.2) is 22.6 Å². The van der Waals surface area contributed by atoms with E-state index in [0.717, 1.165) is 42.5 Å². The largest absolute Gasteiger partial charge is 0.448 e. The van der Waals surface area contributed by atoms with E-state index in [2.05, 4.69) is 26.3 Å². The van der Waals surface area contributed by atoms with Gasteiger partial charge in [0.2, 0.25) is 0 Å². The number of anilines is 1. The predicted molar refractivity (Wildman–Crippen MR) is 117 cm³/mol. The Labute approximate surface area is 187 Å². The fourth-order valence-corrected chi connectivity index (χ4v) is 5.29. The Morgan fingerprint density at radius 1 is 1.23 bits per heavy atom. The molecule has 0 fully saturated rings. The fraction of sp³-hybridized carbons (Fsp3) is 0.333. The number of aryl methyl sites for hydroxylation is 1. The van der Waals surface area contributed by atoms with Crippen molar-refractivity contribution >= 4 is 39.6 Å². The topological polar surface area (TPSA) is 118 Å². The molecule has 10 heteroatoms. The highest BCUT2D eigenvalue weighted by atomic mass is 32.1. The first-order valence-electron chi connectivity index (χ1n) is 9.86. The normalized spacial score (nSPS) is 14.1. The van der Waals surface area contributed by atoms with Crippen LogP contribution in [0.2, 0.25) is 0 Å². The molecule has 0 aliphatic heterocycles. The van der Waals surface area contributed by atoms with Crippen LogP contribution in [0.3, 0.4) is 0 Å². The van der Waals surface area contributed by atoms with Crippen molar-refractivity contribution < 1.29 is 14.3 Å². The lowest BCUT2D eigenvalue weighted by Crippen LogP contribution is -2.30. The Balaban J connectivity index is 1.42. The minimum Gasteiger partial charge on any atom is -0.448 e. The maximum Gasteiger partial charge on any atom is 0.358 e. The molecule has 1 amide bonds. The van der Waals surface area contributed by atoms with Gasteiger partial charge in [0.1, 0.15) is 11.1 Å². The zero-order valence-corrected chi connectivity index (χ0v) is 18.4. The molecule has 3 heterocycles. The first-order valence-corrected chi connectivity index (χ1v) is 11.6. The third kappa shape index (κ3) is 4.62. The summed E-state index contributed by atoms with van der Waals surface area (Å²) in [5.41, 5.74) is 1.66. The van der Waals surface area contributed by atoms with Crippen LogP contribution in [-0.4, -0.2) is 32.9 Å². The lowest BCUT2D eigenvalue weighted by Gasteiger charge is -2.12. The van der Waals surface area contributed by atoms with Gasteiger partial charge >= 0.3 is 5.97 Å². The maximum absolute atomic E-state index is 12.6. The number of hydrogen-bond donors (Lipinski definition) is 1. The number of carbonyl (C=O) groups excluding carboxylic acids is 2. The number of rotatable bonds is 5. The molecule has 8 nitrogen and oxygen atoms in total. The van der Waals surface area contributed by atoms with Crippen LogP contribution in [0.5, 0.6) is 0 Å². The van der Waals surface area contributed by atoms with Gasteiger partial charge in [0.25, 0.3) is 5.91 Å². The van der Waals surface area contributed by atoms with Crippen LogP contribution in [0, 0.1) is 11.3 Å². The molecule has 0 spiro atoms. The van der Waals surface area contributed by atoms with E-state index in [1.54, 1.807) is 23.8 Å². The number of esters is 1. The fourth-order valence-electron chi connectivity index (χ4n) is 3.32. The minimum atomic E-state index is -1.04. The molecule has 0 radical (unpaired) electrons. The Morgan fingerprint density at radius 2 is 2.00 bits per heavy atom. The highest BCUT2D eigenvalue weighted by molar-refractivity contribution is 7.16. The maximum atomic E-state index is 12.6. The molecule has 3 aromatic rings. The molecule has 1 unspecified atom stereocenters. The van der Waals surface area contributed by atoms with E-state index in [1.807, 2.05) is 0 Å². The second kappa shape index (κ2) is 9.32. The van der Waals surface area contributed by atoms with Gasteiger partial charge in [-0.15, -0.1) is 22.7 Å². The number of hydrogen-bond acceptors (Lipinski definition) is 9. The smallest absolute Gasteiger partial charge is 0.358 e. The van der Waals surface area contributed by atoms with Gasteiger partial charge in [-0.1, -0.05) is 6.42 Å². The molecule has 1 N–H and O–H groups in total. The summed E-state index contributed by atoms with van der Waals surface area (Å²) >= 11 is 2.66. The summed E-state index contributed by atoms with van der Waals surface area (Å²) in [5, 5.41) is 14.9. The Kier molecular flexibility index (Phi) is 6.34. The summed E-state index contributed by atoms with van der Waals surface area (Å²) in [6, 6.07) is 3.92. The second-order valence-electron chi connectivity index (χ2n) is 7.03. The van der Waals surface area contributed by atoms with Crippen LogP contribution in [0.4, 0.5) is 5.00 Å². The lowest BCUT2D eigenvalue weighted by molar-refractivity contribution is -0.123. The molecule has 158 valence electrons. The van der Waals surface area contributed by atoms with Crippen molar-refractivity contribution in [3.63, 3.8) is 0 Å². The molecule has 1 atom stereocenters.